The number of likely N-dealkylation sites (N-methyl/N-ethyl adjacent to an activating group) is 1. The lowest BCUT2D eigenvalue weighted by Crippen LogP contribution is -2.37. The summed E-state index contributed by atoms with van der Waals surface area (Å²) in [5, 5.41) is 0. The molecule has 0 bridgehead atoms. The molecule has 3 nitrogen and oxygen atoms in total. The summed E-state index contributed by atoms with van der Waals surface area (Å²) >= 11 is 0. The Labute approximate surface area is 124 Å². The molecule has 110 valence electrons. The van der Waals surface area contributed by atoms with Crippen molar-refractivity contribution in [3.8, 4) is 0 Å². The minimum absolute atomic E-state index is 0.122. The molecule has 1 amide bonds. The van der Waals surface area contributed by atoms with Crippen LogP contribution in [0, 0.1) is 5.82 Å². The Kier molecular flexibility index (Phi) is 5.06. The highest BCUT2D eigenvalue weighted by Crippen LogP contribution is 2.12. The van der Waals surface area contributed by atoms with Gasteiger partial charge in [-0.25, -0.2) is 4.39 Å². The van der Waals surface area contributed by atoms with E-state index in [2.05, 4.69) is 0 Å². The number of nitrogens with zero attached hydrogens (tertiary/aromatic N) is 1. The summed E-state index contributed by atoms with van der Waals surface area (Å²) in [6.45, 7) is 0.547. The van der Waals surface area contributed by atoms with E-state index in [0.29, 0.717) is 13.0 Å². The van der Waals surface area contributed by atoms with Gasteiger partial charge in [0.15, 0.2) is 0 Å². The zero-order valence-corrected chi connectivity index (χ0v) is 12.0. The van der Waals surface area contributed by atoms with Gasteiger partial charge in [-0.2, -0.15) is 0 Å². The molecule has 2 aromatic carbocycles. The number of carbonyl (C=O) groups excluding carboxylic acids is 1. The summed E-state index contributed by atoms with van der Waals surface area (Å²) < 4.78 is 12.8. The molecule has 0 radical (unpaired) electrons. The smallest absolute Gasteiger partial charge is 0.243 e. The predicted octanol–water partition coefficient (Wildman–Crippen LogP) is 2.53. The van der Waals surface area contributed by atoms with Gasteiger partial charge in [-0.05, 0) is 29.7 Å². The van der Waals surface area contributed by atoms with E-state index in [9.17, 15) is 9.18 Å². The van der Waals surface area contributed by atoms with Gasteiger partial charge in [0.1, 0.15) is 11.9 Å². The molecule has 4 heteroatoms. The minimum Gasteiger partial charge on any atom is -0.344 e. The van der Waals surface area contributed by atoms with E-state index in [1.165, 1.54) is 12.1 Å². The third kappa shape index (κ3) is 4.13. The third-order valence-electron chi connectivity index (χ3n) is 3.45. The molecule has 0 aromatic heterocycles. The number of benzene rings is 2. The molecule has 0 aliphatic rings. The molecule has 0 spiro atoms. The highest BCUT2D eigenvalue weighted by Gasteiger charge is 2.19. The zero-order chi connectivity index (χ0) is 15.2. The Hall–Kier alpha value is -2.20. The van der Waals surface area contributed by atoms with Crippen molar-refractivity contribution in [2.24, 2.45) is 5.73 Å². The summed E-state index contributed by atoms with van der Waals surface area (Å²) in [4.78, 5) is 13.9. The normalized spacial score (nSPS) is 12.0. The molecule has 0 fully saturated rings. The highest BCUT2D eigenvalue weighted by molar-refractivity contribution is 5.82. The van der Waals surface area contributed by atoms with Crippen LogP contribution in [0.1, 0.15) is 17.2 Å². The number of hydrogen-bond acceptors (Lipinski definition) is 2. The second kappa shape index (κ2) is 6.99. The van der Waals surface area contributed by atoms with E-state index < -0.39 is 6.04 Å². The van der Waals surface area contributed by atoms with Gasteiger partial charge in [0, 0.05) is 13.6 Å². The van der Waals surface area contributed by atoms with Crippen LogP contribution in [-0.4, -0.2) is 24.4 Å². The monoisotopic (exact) mass is 286 g/mol. The van der Waals surface area contributed by atoms with Crippen molar-refractivity contribution in [3.63, 3.8) is 0 Å². The molecule has 1 atom stereocenters. The quantitative estimate of drug-likeness (QED) is 0.918. The summed E-state index contributed by atoms with van der Waals surface area (Å²) in [7, 11) is 1.73. The third-order valence-corrected chi connectivity index (χ3v) is 3.45. The van der Waals surface area contributed by atoms with Gasteiger partial charge in [-0.15, -0.1) is 0 Å². The minimum atomic E-state index is -0.649. The Morgan fingerprint density at radius 2 is 1.76 bits per heavy atom. The lowest BCUT2D eigenvalue weighted by molar-refractivity contribution is -0.131. The number of amides is 1. The van der Waals surface area contributed by atoms with Crippen molar-refractivity contribution in [3.05, 3.63) is 71.5 Å². The van der Waals surface area contributed by atoms with Gasteiger partial charge in [-0.1, -0.05) is 42.5 Å². The molecule has 2 aromatic rings. The van der Waals surface area contributed by atoms with E-state index >= 15 is 0 Å². The average molecular weight is 286 g/mol. The van der Waals surface area contributed by atoms with Crippen molar-refractivity contribution < 1.29 is 9.18 Å². The standard InChI is InChI=1S/C17H19FN2O/c1-20(12-11-13-7-9-15(18)10-8-13)17(21)16(19)14-5-3-2-4-6-14/h2-10,16H,11-12,19H2,1H3/t16-/m0/s1. The van der Waals surface area contributed by atoms with Crippen molar-refractivity contribution in [2.45, 2.75) is 12.5 Å². The molecule has 0 heterocycles. The SMILES string of the molecule is CN(CCc1ccc(F)cc1)C(=O)[C@@H](N)c1ccccc1. The van der Waals surface area contributed by atoms with Crippen LogP contribution < -0.4 is 5.73 Å². The fourth-order valence-electron chi connectivity index (χ4n) is 2.10. The zero-order valence-electron chi connectivity index (χ0n) is 12.0. The van der Waals surface area contributed by atoms with Crippen LogP contribution in [0.4, 0.5) is 4.39 Å². The van der Waals surface area contributed by atoms with Gasteiger partial charge in [-0.3, -0.25) is 4.79 Å². The lowest BCUT2D eigenvalue weighted by atomic mass is 10.1. The van der Waals surface area contributed by atoms with Gasteiger partial charge in [0.25, 0.3) is 0 Å². The summed E-state index contributed by atoms with van der Waals surface area (Å²) in [5.74, 6) is -0.377. The molecular formula is C17H19FN2O. The fraction of sp³-hybridized carbons (Fsp3) is 0.235. The van der Waals surface area contributed by atoms with Crippen LogP contribution in [0.15, 0.2) is 54.6 Å². The van der Waals surface area contributed by atoms with E-state index in [4.69, 9.17) is 5.73 Å². The van der Waals surface area contributed by atoms with Crippen LogP contribution >= 0.6 is 0 Å². The van der Waals surface area contributed by atoms with Crippen molar-refractivity contribution in [1.29, 1.82) is 0 Å². The number of halogens is 1. The van der Waals surface area contributed by atoms with E-state index in [1.54, 1.807) is 24.1 Å². The molecule has 0 unspecified atom stereocenters. The Bertz CT molecular complexity index is 583. The Balaban J connectivity index is 1.92. The Morgan fingerprint density at radius 3 is 2.38 bits per heavy atom. The second-order valence-corrected chi connectivity index (χ2v) is 5.02. The maximum atomic E-state index is 12.8. The molecule has 2 N–H and O–H groups in total. The predicted molar refractivity (Wildman–Crippen MR) is 81.1 cm³/mol. The maximum Gasteiger partial charge on any atom is 0.243 e. The van der Waals surface area contributed by atoms with Gasteiger partial charge < -0.3 is 10.6 Å². The first-order valence-corrected chi connectivity index (χ1v) is 6.88. The number of nitrogens with two attached hydrogens (primary N) is 1. The first kappa shape index (κ1) is 15.2. The van der Waals surface area contributed by atoms with Crippen molar-refractivity contribution in [2.75, 3.05) is 13.6 Å². The Morgan fingerprint density at radius 1 is 1.14 bits per heavy atom. The van der Waals surface area contributed by atoms with Crippen LogP contribution in [-0.2, 0) is 11.2 Å². The molecule has 2 rings (SSSR count). The number of hydrogen-bond donors (Lipinski definition) is 1. The van der Waals surface area contributed by atoms with Crippen molar-refractivity contribution >= 4 is 5.91 Å². The summed E-state index contributed by atoms with van der Waals surface area (Å²) in [5.41, 5.74) is 7.78. The summed E-state index contributed by atoms with van der Waals surface area (Å²) in [6, 6.07) is 15.0. The number of carbonyl (C=O) groups is 1. The highest BCUT2D eigenvalue weighted by atomic mass is 19.1. The van der Waals surface area contributed by atoms with Crippen LogP contribution in [0.3, 0.4) is 0 Å². The van der Waals surface area contributed by atoms with E-state index in [1.807, 2.05) is 30.3 Å². The van der Waals surface area contributed by atoms with Crippen molar-refractivity contribution in [1.82, 2.24) is 4.90 Å². The van der Waals surface area contributed by atoms with Gasteiger partial charge in [0.2, 0.25) is 5.91 Å². The van der Waals surface area contributed by atoms with E-state index in [-0.39, 0.29) is 11.7 Å². The van der Waals surface area contributed by atoms with E-state index in [0.717, 1.165) is 11.1 Å². The number of rotatable bonds is 5. The molecule has 0 aliphatic heterocycles. The molecular weight excluding hydrogens is 267 g/mol. The average Bonchev–Trinajstić information content (AvgIpc) is 2.53. The lowest BCUT2D eigenvalue weighted by Gasteiger charge is -2.21. The second-order valence-electron chi connectivity index (χ2n) is 5.02. The summed E-state index contributed by atoms with van der Waals surface area (Å²) in [6.07, 6.45) is 0.671. The first-order chi connectivity index (χ1) is 10.1. The maximum absolute atomic E-state index is 12.8. The molecule has 21 heavy (non-hydrogen) atoms. The first-order valence-electron chi connectivity index (χ1n) is 6.88. The largest absolute Gasteiger partial charge is 0.344 e. The van der Waals surface area contributed by atoms with Gasteiger partial charge >= 0.3 is 0 Å². The topological polar surface area (TPSA) is 46.3 Å². The fourth-order valence-corrected chi connectivity index (χ4v) is 2.10. The molecule has 0 aliphatic carbocycles. The van der Waals surface area contributed by atoms with Crippen LogP contribution in [0.5, 0.6) is 0 Å². The van der Waals surface area contributed by atoms with Gasteiger partial charge in [0.05, 0.1) is 0 Å². The van der Waals surface area contributed by atoms with Crippen LogP contribution in [0.25, 0.3) is 0 Å². The molecule has 0 saturated heterocycles. The van der Waals surface area contributed by atoms with Crippen LogP contribution in [0.2, 0.25) is 0 Å². The molecule has 0 saturated carbocycles.